The van der Waals surface area contributed by atoms with Crippen LogP contribution in [-0.2, 0) is 11.3 Å². The SMILES string of the molecule is CCOC(=O)N(C)c1ccc(NC(=O)NCCn2ccnc2)cc1. The molecule has 3 amide bonds. The van der Waals surface area contributed by atoms with E-state index >= 15 is 0 Å². The van der Waals surface area contributed by atoms with Crippen LogP contribution in [0, 0.1) is 0 Å². The van der Waals surface area contributed by atoms with Crippen LogP contribution in [-0.4, -0.2) is 41.9 Å². The summed E-state index contributed by atoms with van der Waals surface area (Å²) >= 11 is 0. The fourth-order valence-electron chi connectivity index (χ4n) is 1.99. The lowest BCUT2D eigenvalue weighted by Gasteiger charge is -2.17. The first kappa shape index (κ1) is 17.3. The van der Waals surface area contributed by atoms with Crippen molar-refractivity contribution in [1.29, 1.82) is 0 Å². The predicted molar refractivity (Wildman–Crippen MR) is 91.1 cm³/mol. The molecule has 0 fully saturated rings. The van der Waals surface area contributed by atoms with Crippen LogP contribution >= 0.6 is 0 Å². The van der Waals surface area contributed by atoms with Crippen LogP contribution in [0.25, 0.3) is 0 Å². The number of amides is 3. The van der Waals surface area contributed by atoms with Gasteiger partial charge in [-0.05, 0) is 31.2 Å². The molecule has 0 spiro atoms. The lowest BCUT2D eigenvalue weighted by molar-refractivity contribution is 0.161. The zero-order valence-corrected chi connectivity index (χ0v) is 13.7. The normalized spacial score (nSPS) is 10.1. The van der Waals surface area contributed by atoms with E-state index < -0.39 is 6.09 Å². The molecule has 0 aliphatic rings. The number of carbonyl (C=O) groups excluding carboxylic acids is 2. The van der Waals surface area contributed by atoms with Crippen molar-refractivity contribution in [3.05, 3.63) is 43.0 Å². The summed E-state index contributed by atoms with van der Waals surface area (Å²) in [7, 11) is 1.63. The summed E-state index contributed by atoms with van der Waals surface area (Å²) < 4.78 is 6.80. The summed E-state index contributed by atoms with van der Waals surface area (Å²) in [4.78, 5) is 28.8. The van der Waals surface area contributed by atoms with Crippen molar-refractivity contribution >= 4 is 23.5 Å². The first-order valence-corrected chi connectivity index (χ1v) is 7.61. The Morgan fingerprint density at radius 2 is 2.04 bits per heavy atom. The molecule has 1 heterocycles. The summed E-state index contributed by atoms with van der Waals surface area (Å²) in [6.45, 7) is 3.22. The van der Waals surface area contributed by atoms with E-state index in [1.54, 1.807) is 50.8 Å². The molecule has 2 rings (SSSR count). The van der Waals surface area contributed by atoms with E-state index in [4.69, 9.17) is 4.74 Å². The van der Waals surface area contributed by atoms with Crippen molar-refractivity contribution in [2.24, 2.45) is 0 Å². The van der Waals surface area contributed by atoms with Crippen LogP contribution in [0.15, 0.2) is 43.0 Å². The highest BCUT2D eigenvalue weighted by Crippen LogP contribution is 2.17. The van der Waals surface area contributed by atoms with Gasteiger partial charge in [0.1, 0.15) is 0 Å². The highest BCUT2D eigenvalue weighted by Gasteiger charge is 2.11. The monoisotopic (exact) mass is 331 g/mol. The molecule has 0 aliphatic heterocycles. The average molecular weight is 331 g/mol. The van der Waals surface area contributed by atoms with Crippen molar-refractivity contribution in [2.75, 3.05) is 30.4 Å². The van der Waals surface area contributed by atoms with E-state index in [0.717, 1.165) is 0 Å². The molecule has 8 nitrogen and oxygen atoms in total. The van der Waals surface area contributed by atoms with Gasteiger partial charge >= 0.3 is 12.1 Å². The zero-order valence-electron chi connectivity index (χ0n) is 13.7. The molecule has 1 aromatic heterocycles. The second kappa shape index (κ2) is 8.56. The average Bonchev–Trinajstić information content (AvgIpc) is 3.08. The maximum atomic E-state index is 11.8. The molecule has 0 aliphatic carbocycles. The molecule has 0 saturated carbocycles. The predicted octanol–water partition coefficient (Wildman–Crippen LogP) is 2.30. The molecule has 2 aromatic rings. The van der Waals surface area contributed by atoms with E-state index in [0.29, 0.717) is 31.1 Å². The van der Waals surface area contributed by atoms with Gasteiger partial charge in [0, 0.05) is 43.9 Å². The van der Waals surface area contributed by atoms with E-state index in [9.17, 15) is 9.59 Å². The molecule has 0 unspecified atom stereocenters. The van der Waals surface area contributed by atoms with E-state index in [1.165, 1.54) is 4.90 Å². The third-order valence-electron chi connectivity index (χ3n) is 3.27. The Balaban J connectivity index is 1.80. The molecular weight excluding hydrogens is 310 g/mol. The van der Waals surface area contributed by atoms with Gasteiger partial charge in [-0.25, -0.2) is 14.6 Å². The van der Waals surface area contributed by atoms with Crippen LogP contribution in [0.4, 0.5) is 21.0 Å². The Bertz CT molecular complexity index is 655. The molecule has 128 valence electrons. The van der Waals surface area contributed by atoms with Gasteiger partial charge in [0.25, 0.3) is 0 Å². The molecular formula is C16H21N5O3. The minimum absolute atomic E-state index is 0.290. The number of nitrogens with one attached hydrogen (secondary N) is 2. The van der Waals surface area contributed by atoms with Crippen LogP contribution in [0.5, 0.6) is 0 Å². The lowest BCUT2D eigenvalue weighted by atomic mass is 10.2. The highest BCUT2D eigenvalue weighted by molar-refractivity contribution is 5.90. The molecule has 24 heavy (non-hydrogen) atoms. The summed E-state index contributed by atoms with van der Waals surface area (Å²) in [5, 5.41) is 5.49. The van der Waals surface area contributed by atoms with Gasteiger partial charge in [-0.2, -0.15) is 0 Å². The Hall–Kier alpha value is -3.03. The number of carbonyl (C=O) groups is 2. The minimum atomic E-state index is -0.421. The van der Waals surface area contributed by atoms with Crippen LogP contribution < -0.4 is 15.5 Å². The number of anilines is 2. The smallest absolute Gasteiger partial charge is 0.413 e. The first-order chi connectivity index (χ1) is 11.6. The fraction of sp³-hybridized carbons (Fsp3) is 0.312. The molecule has 0 atom stereocenters. The Kier molecular flexibility index (Phi) is 6.18. The van der Waals surface area contributed by atoms with Crippen LogP contribution in [0.3, 0.4) is 0 Å². The maximum Gasteiger partial charge on any atom is 0.413 e. The van der Waals surface area contributed by atoms with E-state index in [1.807, 2.05) is 10.8 Å². The number of hydrogen-bond donors (Lipinski definition) is 2. The van der Waals surface area contributed by atoms with Gasteiger partial charge in [0.15, 0.2) is 0 Å². The highest BCUT2D eigenvalue weighted by atomic mass is 16.6. The van der Waals surface area contributed by atoms with E-state index in [-0.39, 0.29) is 6.03 Å². The molecule has 0 radical (unpaired) electrons. The number of ether oxygens (including phenoxy) is 1. The van der Waals surface area contributed by atoms with Crippen LogP contribution in [0.1, 0.15) is 6.92 Å². The third-order valence-corrected chi connectivity index (χ3v) is 3.27. The first-order valence-electron chi connectivity index (χ1n) is 7.61. The second-order valence-corrected chi connectivity index (χ2v) is 4.99. The lowest BCUT2D eigenvalue weighted by Crippen LogP contribution is -2.31. The van der Waals surface area contributed by atoms with E-state index in [2.05, 4.69) is 15.6 Å². The van der Waals surface area contributed by atoms with Crippen molar-refractivity contribution in [3.63, 3.8) is 0 Å². The number of aromatic nitrogens is 2. The summed E-state index contributed by atoms with van der Waals surface area (Å²) in [6.07, 6.45) is 4.79. The van der Waals surface area contributed by atoms with Gasteiger partial charge < -0.3 is 19.9 Å². The number of rotatable bonds is 6. The molecule has 1 aromatic carbocycles. The van der Waals surface area contributed by atoms with Crippen molar-refractivity contribution in [1.82, 2.24) is 14.9 Å². The van der Waals surface area contributed by atoms with Gasteiger partial charge in [0.05, 0.1) is 12.9 Å². The molecule has 0 bridgehead atoms. The van der Waals surface area contributed by atoms with Gasteiger partial charge in [-0.1, -0.05) is 0 Å². The van der Waals surface area contributed by atoms with Crippen molar-refractivity contribution < 1.29 is 14.3 Å². The van der Waals surface area contributed by atoms with Crippen molar-refractivity contribution in [2.45, 2.75) is 13.5 Å². The van der Waals surface area contributed by atoms with Crippen molar-refractivity contribution in [3.8, 4) is 0 Å². The Labute approximate surface area is 140 Å². The zero-order chi connectivity index (χ0) is 17.4. The summed E-state index contributed by atoms with van der Waals surface area (Å²) in [5.41, 5.74) is 1.32. The standard InChI is InChI=1S/C16H21N5O3/c1-3-24-16(23)20(2)14-6-4-13(5-7-14)19-15(22)18-9-11-21-10-8-17-12-21/h4-8,10,12H,3,9,11H2,1-2H3,(H2,18,19,22). The fourth-order valence-corrected chi connectivity index (χ4v) is 1.99. The molecule has 0 saturated heterocycles. The number of benzene rings is 1. The topological polar surface area (TPSA) is 88.5 Å². The van der Waals surface area contributed by atoms with Gasteiger partial charge in [-0.3, -0.25) is 4.90 Å². The van der Waals surface area contributed by atoms with Crippen LogP contribution in [0.2, 0.25) is 0 Å². The number of hydrogen-bond acceptors (Lipinski definition) is 4. The summed E-state index contributed by atoms with van der Waals surface area (Å²) in [5.74, 6) is 0. The Morgan fingerprint density at radius 1 is 1.29 bits per heavy atom. The number of nitrogens with zero attached hydrogens (tertiary/aromatic N) is 3. The third kappa shape index (κ3) is 5.01. The minimum Gasteiger partial charge on any atom is -0.449 e. The molecule has 8 heteroatoms. The maximum absolute atomic E-state index is 11.8. The van der Waals surface area contributed by atoms with Gasteiger partial charge in [-0.15, -0.1) is 0 Å². The quantitative estimate of drug-likeness (QED) is 0.850. The second-order valence-electron chi connectivity index (χ2n) is 4.99. The largest absolute Gasteiger partial charge is 0.449 e. The number of urea groups is 1. The Morgan fingerprint density at radius 3 is 2.67 bits per heavy atom. The number of imidazole rings is 1. The summed E-state index contributed by atoms with van der Waals surface area (Å²) in [6, 6.07) is 6.62. The molecule has 2 N–H and O–H groups in total. The van der Waals surface area contributed by atoms with Gasteiger partial charge in [0.2, 0.25) is 0 Å².